The van der Waals surface area contributed by atoms with Crippen molar-refractivity contribution in [3.8, 4) is 5.75 Å². The highest BCUT2D eigenvalue weighted by atomic mass is 35.5. The number of likely N-dealkylation sites (tertiary alicyclic amines) is 1. The predicted molar refractivity (Wildman–Crippen MR) is 101 cm³/mol. The molecule has 1 aromatic carbocycles. The van der Waals surface area contributed by atoms with Gasteiger partial charge in [0.2, 0.25) is 10.0 Å². The molecule has 1 atom stereocenters. The smallest absolute Gasteiger partial charge is 0.320 e. The van der Waals surface area contributed by atoms with Crippen molar-refractivity contribution in [1.29, 1.82) is 0 Å². The largest absolute Gasteiger partial charge is 0.492 e. The summed E-state index contributed by atoms with van der Waals surface area (Å²) < 4.78 is 37.4. The van der Waals surface area contributed by atoms with Crippen LogP contribution in [0.3, 0.4) is 0 Å². The summed E-state index contributed by atoms with van der Waals surface area (Å²) in [5.41, 5.74) is 0. The highest BCUT2D eigenvalue weighted by molar-refractivity contribution is 7.89. The maximum atomic E-state index is 12.6. The molecule has 0 spiro atoms. The van der Waals surface area contributed by atoms with Crippen molar-refractivity contribution in [3.63, 3.8) is 0 Å². The van der Waals surface area contributed by atoms with Crippen molar-refractivity contribution in [2.45, 2.75) is 23.8 Å². The van der Waals surface area contributed by atoms with Gasteiger partial charge >= 0.3 is 5.97 Å². The maximum Gasteiger partial charge on any atom is 0.320 e. The van der Waals surface area contributed by atoms with E-state index in [0.717, 1.165) is 13.0 Å². The molecule has 3 rings (SSSR count). The monoisotopic (exact) mass is 420 g/mol. The van der Waals surface area contributed by atoms with Crippen molar-refractivity contribution in [1.82, 2.24) is 9.21 Å². The number of morpholine rings is 1. The number of ether oxygens (including phenoxy) is 2. The lowest BCUT2D eigenvalue weighted by atomic mass is 10.2. The maximum absolute atomic E-state index is 12.6. The molecule has 2 saturated heterocycles. The van der Waals surface area contributed by atoms with Crippen LogP contribution in [0, 0.1) is 0 Å². The van der Waals surface area contributed by atoms with Gasteiger partial charge in [-0.1, -0.05) is 0 Å². The van der Waals surface area contributed by atoms with Gasteiger partial charge in [-0.15, -0.1) is 12.4 Å². The van der Waals surface area contributed by atoms with Crippen LogP contribution >= 0.6 is 12.4 Å². The van der Waals surface area contributed by atoms with E-state index in [4.69, 9.17) is 14.6 Å². The van der Waals surface area contributed by atoms with Crippen LogP contribution in [-0.2, 0) is 19.6 Å². The Bertz CT molecular complexity index is 721. The molecule has 0 saturated carbocycles. The molecule has 0 bridgehead atoms. The Morgan fingerprint density at radius 3 is 2.48 bits per heavy atom. The number of hydrogen-bond acceptors (Lipinski definition) is 6. The van der Waals surface area contributed by atoms with Gasteiger partial charge in [0.1, 0.15) is 18.4 Å². The molecule has 0 aliphatic carbocycles. The first-order valence-corrected chi connectivity index (χ1v) is 10.2. The third kappa shape index (κ3) is 5.32. The molecule has 1 unspecified atom stereocenters. The number of halogens is 1. The Balaban J connectivity index is 0.00000261. The molecular weight excluding hydrogens is 396 g/mol. The first kappa shape index (κ1) is 21.9. The van der Waals surface area contributed by atoms with E-state index >= 15 is 0 Å². The average molecular weight is 421 g/mol. The van der Waals surface area contributed by atoms with Crippen molar-refractivity contribution >= 4 is 28.4 Å². The lowest BCUT2D eigenvalue weighted by Crippen LogP contribution is -2.40. The predicted octanol–water partition coefficient (Wildman–Crippen LogP) is 1.06. The topological polar surface area (TPSA) is 96.4 Å². The molecule has 0 aromatic heterocycles. The summed E-state index contributed by atoms with van der Waals surface area (Å²) in [6, 6.07) is 5.91. The van der Waals surface area contributed by atoms with Crippen molar-refractivity contribution in [2.75, 3.05) is 46.0 Å². The van der Waals surface area contributed by atoms with Crippen LogP contribution in [0.25, 0.3) is 0 Å². The minimum Gasteiger partial charge on any atom is -0.492 e. The third-order valence-electron chi connectivity index (χ3n) is 4.73. The molecular formula is C17H25ClN2O6S. The normalized spacial score (nSPS) is 21.6. The van der Waals surface area contributed by atoms with E-state index in [9.17, 15) is 13.2 Å². The fraction of sp³-hybridized carbons (Fsp3) is 0.588. The van der Waals surface area contributed by atoms with E-state index in [1.54, 1.807) is 12.1 Å². The van der Waals surface area contributed by atoms with E-state index in [0.29, 0.717) is 51.6 Å². The zero-order valence-corrected chi connectivity index (χ0v) is 16.6. The van der Waals surface area contributed by atoms with E-state index in [1.165, 1.54) is 16.4 Å². The number of hydrogen-bond donors (Lipinski definition) is 1. The summed E-state index contributed by atoms with van der Waals surface area (Å²) in [4.78, 5) is 13.3. The zero-order valence-electron chi connectivity index (χ0n) is 15.0. The first-order valence-electron chi connectivity index (χ1n) is 8.76. The summed E-state index contributed by atoms with van der Waals surface area (Å²) in [7, 11) is -3.50. The summed E-state index contributed by atoms with van der Waals surface area (Å²) >= 11 is 0. The number of carbonyl (C=O) groups is 1. The number of nitrogens with zero attached hydrogens (tertiary/aromatic N) is 2. The molecule has 2 aliphatic heterocycles. The molecule has 152 valence electrons. The van der Waals surface area contributed by atoms with E-state index in [2.05, 4.69) is 0 Å². The minimum absolute atomic E-state index is 0. The second kappa shape index (κ2) is 9.70. The summed E-state index contributed by atoms with van der Waals surface area (Å²) in [5, 5.41) is 9.16. The number of benzene rings is 1. The van der Waals surface area contributed by atoms with Gasteiger partial charge in [0.05, 0.1) is 18.1 Å². The van der Waals surface area contributed by atoms with Gasteiger partial charge in [-0.2, -0.15) is 4.31 Å². The Labute approximate surface area is 165 Å². The number of carboxylic acid groups (broad SMARTS) is 1. The standard InChI is InChI=1S/C17H24N2O6S.ClH/c20-17(21)16-2-1-7-18(16)8-13-25-14-3-5-15(6-4-14)26(22,23)19-9-11-24-12-10-19;/h3-6,16H,1-2,7-13H2,(H,20,21);1H. The Kier molecular flexibility index (Phi) is 7.87. The zero-order chi connectivity index (χ0) is 18.6. The van der Waals surface area contributed by atoms with Gasteiger partial charge in [-0.25, -0.2) is 8.42 Å². The lowest BCUT2D eigenvalue weighted by Gasteiger charge is -2.26. The number of rotatable bonds is 7. The highest BCUT2D eigenvalue weighted by Gasteiger charge is 2.30. The lowest BCUT2D eigenvalue weighted by molar-refractivity contribution is -0.142. The van der Waals surface area contributed by atoms with Gasteiger partial charge in [-0.3, -0.25) is 9.69 Å². The second-order valence-electron chi connectivity index (χ2n) is 6.37. The minimum atomic E-state index is -3.50. The van der Waals surface area contributed by atoms with Gasteiger partial charge in [0.15, 0.2) is 0 Å². The Morgan fingerprint density at radius 2 is 1.85 bits per heavy atom. The van der Waals surface area contributed by atoms with Crippen LogP contribution < -0.4 is 4.74 Å². The molecule has 0 radical (unpaired) electrons. The molecule has 2 fully saturated rings. The number of sulfonamides is 1. The number of carboxylic acids is 1. The average Bonchev–Trinajstić information content (AvgIpc) is 3.12. The molecule has 2 aliphatic rings. The molecule has 8 nitrogen and oxygen atoms in total. The van der Waals surface area contributed by atoms with Crippen LogP contribution in [0.15, 0.2) is 29.2 Å². The quantitative estimate of drug-likeness (QED) is 0.704. The summed E-state index contributed by atoms with van der Waals surface area (Å²) in [6.07, 6.45) is 1.55. The highest BCUT2D eigenvalue weighted by Crippen LogP contribution is 2.21. The Hall–Kier alpha value is -1.39. The van der Waals surface area contributed by atoms with Crippen molar-refractivity contribution < 1.29 is 27.8 Å². The molecule has 1 N–H and O–H groups in total. The Morgan fingerprint density at radius 1 is 1.19 bits per heavy atom. The summed E-state index contributed by atoms with van der Waals surface area (Å²) in [5.74, 6) is -0.225. The van der Waals surface area contributed by atoms with Crippen LogP contribution in [-0.4, -0.2) is 80.7 Å². The van der Waals surface area contributed by atoms with E-state index in [-0.39, 0.29) is 17.3 Å². The van der Waals surface area contributed by atoms with Crippen molar-refractivity contribution in [3.05, 3.63) is 24.3 Å². The molecule has 27 heavy (non-hydrogen) atoms. The first-order chi connectivity index (χ1) is 12.5. The second-order valence-corrected chi connectivity index (χ2v) is 8.31. The van der Waals surface area contributed by atoms with Crippen LogP contribution in [0.1, 0.15) is 12.8 Å². The van der Waals surface area contributed by atoms with Gasteiger partial charge in [-0.05, 0) is 43.7 Å². The van der Waals surface area contributed by atoms with Crippen molar-refractivity contribution in [2.24, 2.45) is 0 Å². The third-order valence-corrected chi connectivity index (χ3v) is 6.64. The number of aliphatic carboxylic acids is 1. The van der Waals surface area contributed by atoms with Gasteiger partial charge in [0, 0.05) is 19.6 Å². The van der Waals surface area contributed by atoms with Crippen LogP contribution in [0.5, 0.6) is 5.75 Å². The van der Waals surface area contributed by atoms with E-state index in [1.807, 2.05) is 4.90 Å². The fourth-order valence-corrected chi connectivity index (χ4v) is 4.71. The van der Waals surface area contributed by atoms with E-state index < -0.39 is 22.0 Å². The van der Waals surface area contributed by atoms with Gasteiger partial charge < -0.3 is 14.6 Å². The molecule has 10 heteroatoms. The van der Waals surface area contributed by atoms with Crippen LogP contribution in [0.2, 0.25) is 0 Å². The van der Waals surface area contributed by atoms with Gasteiger partial charge in [0.25, 0.3) is 0 Å². The molecule has 1 aromatic rings. The summed E-state index contributed by atoms with van der Waals surface area (Å²) in [6.45, 7) is 3.20. The molecule has 2 heterocycles. The van der Waals surface area contributed by atoms with Crippen LogP contribution in [0.4, 0.5) is 0 Å². The SMILES string of the molecule is Cl.O=C(O)C1CCCN1CCOc1ccc(S(=O)(=O)N2CCOCC2)cc1. The molecule has 0 amide bonds. The fourth-order valence-electron chi connectivity index (χ4n) is 3.30.